The SMILES string of the molecule is O=C(O)CC(NC(=O)Cn1cc(CCCNCc2nc3ccccc3[nH]2)nn1)c1ccc(F)cc1. The third-order valence-corrected chi connectivity index (χ3v) is 5.40. The number of aromatic amines is 1. The molecule has 2 heterocycles. The molecule has 11 heteroatoms. The molecule has 0 fully saturated rings. The van der Waals surface area contributed by atoms with Crippen LogP contribution >= 0.6 is 0 Å². The number of fused-ring (bicyclic) bond motifs is 1. The number of amides is 1. The van der Waals surface area contributed by atoms with E-state index >= 15 is 0 Å². The molecule has 2 aromatic heterocycles. The summed E-state index contributed by atoms with van der Waals surface area (Å²) in [4.78, 5) is 31.5. The Labute approximate surface area is 200 Å². The first-order chi connectivity index (χ1) is 17.0. The van der Waals surface area contributed by atoms with Crippen molar-refractivity contribution in [1.82, 2.24) is 35.6 Å². The van der Waals surface area contributed by atoms with Gasteiger partial charge in [0.2, 0.25) is 5.91 Å². The zero-order valence-corrected chi connectivity index (χ0v) is 18.9. The number of para-hydroxylation sites is 2. The quantitative estimate of drug-likeness (QED) is 0.229. The molecule has 4 rings (SSSR count). The molecule has 1 unspecified atom stereocenters. The molecule has 1 atom stereocenters. The van der Waals surface area contributed by atoms with Crippen molar-refractivity contribution in [3.05, 3.63) is 77.6 Å². The van der Waals surface area contributed by atoms with Gasteiger partial charge in [0.1, 0.15) is 18.2 Å². The number of benzene rings is 2. The topological polar surface area (TPSA) is 138 Å². The Hall–Kier alpha value is -4.12. The number of aryl methyl sites for hydroxylation is 1. The van der Waals surface area contributed by atoms with Crippen molar-refractivity contribution in [2.24, 2.45) is 0 Å². The Balaban J connectivity index is 1.21. The number of carbonyl (C=O) groups is 2. The summed E-state index contributed by atoms with van der Waals surface area (Å²) in [6.07, 6.45) is 2.90. The molecule has 0 aliphatic heterocycles. The molecule has 0 saturated carbocycles. The summed E-state index contributed by atoms with van der Waals surface area (Å²) in [5.74, 6) is -1.04. The number of hydrogen-bond acceptors (Lipinski definition) is 6. The Morgan fingerprint density at radius 3 is 2.71 bits per heavy atom. The highest BCUT2D eigenvalue weighted by atomic mass is 19.1. The maximum Gasteiger partial charge on any atom is 0.305 e. The molecule has 0 aliphatic rings. The highest BCUT2D eigenvalue weighted by Crippen LogP contribution is 2.17. The number of rotatable bonds is 12. The van der Waals surface area contributed by atoms with E-state index in [4.69, 9.17) is 5.11 Å². The number of carboxylic acids is 1. The number of imidazole rings is 1. The molecule has 1 amide bonds. The number of nitrogens with zero attached hydrogens (tertiary/aromatic N) is 4. The number of aromatic nitrogens is 5. The van der Waals surface area contributed by atoms with Crippen LogP contribution in [0.15, 0.2) is 54.7 Å². The van der Waals surface area contributed by atoms with Crippen molar-refractivity contribution in [2.45, 2.75) is 38.4 Å². The maximum absolute atomic E-state index is 13.2. The van der Waals surface area contributed by atoms with Crippen LogP contribution in [0.4, 0.5) is 4.39 Å². The smallest absolute Gasteiger partial charge is 0.305 e. The van der Waals surface area contributed by atoms with Crippen molar-refractivity contribution >= 4 is 22.9 Å². The number of aliphatic carboxylic acids is 1. The van der Waals surface area contributed by atoms with E-state index in [1.165, 1.54) is 28.9 Å². The predicted molar refractivity (Wildman–Crippen MR) is 126 cm³/mol. The van der Waals surface area contributed by atoms with E-state index in [0.717, 1.165) is 35.5 Å². The first kappa shape index (κ1) is 24.0. The number of carbonyl (C=O) groups excluding carboxylic acids is 1. The lowest BCUT2D eigenvalue weighted by Gasteiger charge is -2.17. The molecular weight excluding hydrogens is 453 g/mol. The molecule has 4 aromatic rings. The van der Waals surface area contributed by atoms with Gasteiger partial charge in [-0.1, -0.05) is 29.5 Å². The van der Waals surface area contributed by atoms with Gasteiger partial charge >= 0.3 is 5.97 Å². The molecule has 0 aliphatic carbocycles. The van der Waals surface area contributed by atoms with Crippen LogP contribution in [-0.2, 0) is 29.1 Å². The Kier molecular flexibility index (Phi) is 7.78. The number of halogens is 1. The molecule has 0 bridgehead atoms. The van der Waals surface area contributed by atoms with Crippen LogP contribution in [0.1, 0.15) is 36.0 Å². The molecule has 0 saturated heterocycles. The van der Waals surface area contributed by atoms with Gasteiger partial charge in [0.25, 0.3) is 0 Å². The highest BCUT2D eigenvalue weighted by molar-refractivity contribution is 5.77. The first-order valence-corrected chi connectivity index (χ1v) is 11.3. The van der Waals surface area contributed by atoms with Gasteiger partial charge in [-0.15, -0.1) is 5.10 Å². The maximum atomic E-state index is 13.2. The molecule has 2 aromatic carbocycles. The second-order valence-corrected chi connectivity index (χ2v) is 8.16. The lowest BCUT2D eigenvalue weighted by Crippen LogP contribution is -2.33. The van der Waals surface area contributed by atoms with Gasteiger partial charge in [-0.25, -0.2) is 14.1 Å². The second-order valence-electron chi connectivity index (χ2n) is 8.16. The summed E-state index contributed by atoms with van der Waals surface area (Å²) >= 11 is 0. The average Bonchev–Trinajstić information content (AvgIpc) is 3.45. The van der Waals surface area contributed by atoms with Crippen LogP contribution in [0.2, 0.25) is 0 Å². The van der Waals surface area contributed by atoms with Crippen LogP contribution in [0.5, 0.6) is 0 Å². The minimum absolute atomic E-state index is 0.103. The molecule has 10 nitrogen and oxygen atoms in total. The van der Waals surface area contributed by atoms with Crippen LogP contribution < -0.4 is 10.6 Å². The van der Waals surface area contributed by atoms with Crippen molar-refractivity contribution in [2.75, 3.05) is 6.54 Å². The Morgan fingerprint density at radius 2 is 1.94 bits per heavy atom. The third-order valence-electron chi connectivity index (χ3n) is 5.40. The summed E-state index contributed by atoms with van der Waals surface area (Å²) in [6.45, 7) is 1.29. The highest BCUT2D eigenvalue weighted by Gasteiger charge is 2.19. The minimum atomic E-state index is -1.07. The van der Waals surface area contributed by atoms with E-state index < -0.39 is 23.7 Å². The van der Waals surface area contributed by atoms with E-state index in [1.807, 2.05) is 24.3 Å². The monoisotopic (exact) mass is 479 g/mol. The van der Waals surface area contributed by atoms with Crippen molar-refractivity contribution < 1.29 is 19.1 Å². The molecule has 0 radical (unpaired) electrons. The summed E-state index contributed by atoms with van der Waals surface area (Å²) in [5, 5.41) is 23.3. The number of H-pyrrole nitrogens is 1. The van der Waals surface area contributed by atoms with Gasteiger partial charge in [-0.2, -0.15) is 0 Å². The number of nitrogens with one attached hydrogen (secondary N) is 3. The first-order valence-electron chi connectivity index (χ1n) is 11.3. The molecular formula is C24H26FN7O3. The zero-order chi connectivity index (χ0) is 24.6. The van der Waals surface area contributed by atoms with Crippen LogP contribution in [0, 0.1) is 5.82 Å². The van der Waals surface area contributed by atoms with Gasteiger partial charge in [0, 0.05) is 6.20 Å². The van der Waals surface area contributed by atoms with Gasteiger partial charge in [0.15, 0.2) is 0 Å². The third kappa shape index (κ3) is 6.93. The standard InChI is InChI=1S/C24H26FN7O3/c25-17-9-7-16(8-10-17)21(12-24(34)35)29-23(33)15-32-14-18(30-31-32)4-3-11-26-13-22-27-19-5-1-2-6-20(19)28-22/h1-2,5-10,14,21,26H,3-4,11-13,15H2,(H,27,28)(H,29,33)(H,34,35). The van der Waals surface area contributed by atoms with Crippen molar-refractivity contribution in [3.8, 4) is 0 Å². The number of carboxylic acid groups (broad SMARTS) is 1. The van der Waals surface area contributed by atoms with Gasteiger partial charge < -0.3 is 20.7 Å². The van der Waals surface area contributed by atoms with E-state index in [1.54, 1.807) is 6.20 Å². The normalized spacial score (nSPS) is 12.0. The van der Waals surface area contributed by atoms with E-state index in [9.17, 15) is 14.0 Å². The van der Waals surface area contributed by atoms with Crippen molar-refractivity contribution in [3.63, 3.8) is 0 Å². The van der Waals surface area contributed by atoms with E-state index in [0.29, 0.717) is 18.5 Å². The van der Waals surface area contributed by atoms with Gasteiger partial charge in [0.05, 0.1) is 35.7 Å². The molecule has 182 valence electrons. The van der Waals surface area contributed by atoms with E-state index in [2.05, 4.69) is 30.9 Å². The predicted octanol–water partition coefficient (Wildman–Crippen LogP) is 2.35. The molecule has 35 heavy (non-hydrogen) atoms. The second kappa shape index (κ2) is 11.3. The zero-order valence-electron chi connectivity index (χ0n) is 18.9. The summed E-state index contributed by atoms with van der Waals surface area (Å²) in [7, 11) is 0. The van der Waals surface area contributed by atoms with Gasteiger partial charge in [-0.3, -0.25) is 9.59 Å². The summed E-state index contributed by atoms with van der Waals surface area (Å²) in [5.41, 5.74) is 3.22. The fourth-order valence-corrected chi connectivity index (χ4v) is 3.73. The average molecular weight is 480 g/mol. The summed E-state index contributed by atoms with van der Waals surface area (Å²) in [6, 6.07) is 12.5. The van der Waals surface area contributed by atoms with Crippen LogP contribution in [-0.4, -0.2) is 48.5 Å². The van der Waals surface area contributed by atoms with E-state index in [-0.39, 0.29) is 13.0 Å². The lowest BCUT2D eigenvalue weighted by atomic mass is 10.0. The Bertz CT molecular complexity index is 1250. The number of hydrogen-bond donors (Lipinski definition) is 4. The largest absolute Gasteiger partial charge is 0.481 e. The molecule has 0 spiro atoms. The minimum Gasteiger partial charge on any atom is -0.481 e. The molecule has 4 N–H and O–H groups in total. The fourth-order valence-electron chi connectivity index (χ4n) is 3.73. The van der Waals surface area contributed by atoms with Crippen molar-refractivity contribution in [1.29, 1.82) is 0 Å². The fraction of sp³-hybridized carbons (Fsp3) is 0.292. The lowest BCUT2D eigenvalue weighted by molar-refractivity contribution is -0.137. The summed E-state index contributed by atoms with van der Waals surface area (Å²) < 4.78 is 14.6. The Morgan fingerprint density at radius 1 is 1.14 bits per heavy atom. The van der Waals surface area contributed by atoms with Crippen LogP contribution in [0.3, 0.4) is 0 Å². The van der Waals surface area contributed by atoms with Crippen LogP contribution in [0.25, 0.3) is 11.0 Å². The van der Waals surface area contributed by atoms with Gasteiger partial charge in [-0.05, 0) is 49.2 Å².